The van der Waals surface area contributed by atoms with E-state index in [2.05, 4.69) is 31.9 Å². The Kier molecular flexibility index (Phi) is 3.25. The van der Waals surface area contributed by atoms with Crippen LogP contribution in [0.2, 0.25) is 0 Å². The zero-order valence-corrected chi connectivity index (χ0v) is 11.0. The molecule has 0 N–H and O–H groups in total. The van der Waals surface area contributed by atoms with E-state index < -0.39 is 11.6 Å². The van der Waals surface area contributed by atoms with Crippen molar-refractivity contribution in [3.8, 4) is 0 Å². The molecule has 0 fully saturated rings. The summed E-state index contributed by atoms with van der Waals surface area (Å²) in [5.74, 6) is -0.948. The van der Waals surface area contributed by atoms with E-state index in [0.717, 1.165) is 0 Å². The van der Waals surface area contributed by atoms with E-state index in [0.29, 0.717) is 9.14 Å². The Morgan fingerprint density at radius 2 is 1.94 bits per heavy atom. The van der Waals surface area contributed by atoms with Gasteiger partial charge in [0.2, 0.25) is 5.78 Å². The van der Waals surface area contributed by atoms with Gasteiger partial charge in [0.05, 0.1) is 5.56 Å². The van der Waals surface area contributed by atoms with Crippen LogP contribution in [0.25, 0.3) is 0 Å². The van der Waals surface area contributed by atoms with Crippen LogP contribution in [0.3, 0.4) is 0 Å². The number of rotatable bonds is 2. The van der Waals surface area contributed by atoms with Crippen molar-refractivity contribution in [1.29, 1.82) is 0 Å². The van der Waals surface area contributed by atoms with E-state index in [1.54, 1.807) is 12.1 Å². The fraction of sp³-hybridized carbons (Fsp3) is 0. The number of benzene rings is 1. The zero-order valence-electron chi connectivity index (χ0n) is 7.84. The molecule has 0 amide bonds. The Morgan fingerprint density at radius 1 is 1.19 bits per heavy atom. The molecule has 0 unspecified atom stereocenters. The lowest BCUT2D eigenvalue weighted by Crippen LogP contribution is -2.02. The van der Waals surface area contributed by atoms with Crippen molar-refractivity contribution in [2.75, 3.05) is 0 Å². The Labute approximate surface area is 108 Å². The van der Waals surface area contributed by atoms with Crippen LogP contribution in [-0.2, 0) is 0 Å². The van der Waals surface area contributed by atoms with Gasteiger partial charge in [-0.05, 0) is 46.3 Å². The minimum atomic E-state index is -0.577. The summed E-state index contributed by atoms with van der Waals surface area (Å²) >= 11 is 6.21. The first-order valence-electron chi connectivity index (χ1n) is 4.33. The van der Waals surface area contributed by atoms with Crippen molar-refractivity contribution in [3.05, 3.63) is 56.6 Å². The van der Waals surface area contributed by atoms with E-state index in [4.69, 9.17) is 4.42 Å². The molecular weight excluding hydrogens is 343 g/mol. The van der Waals surface area contributed by atoms with Gasteiger partial charge >= 0.3 is 0 Å². The van der Waals surface area contributed by atoms with Gasteiger partial charge in [0.1, 0.15) is 5.82 Å². The molecule has 0 radical (unpaired) electrons. The van der Waals surface area contributed by atoms with Gasteiger partial charge in [-0.15, -0.1) is 0 Å². The smallest absolute Gasteiger partial charge is 0.231 e. The Morgan fingerprint density at radius 3 is 2.50 bits per heavy atom. The molecule has 16 heavy (non-hydrogen) atoms. The minimum Gasteiger partial charge on any atom is -0.446 e. The molecule has 1 aromatic heterocycles. The summed E-state index contributed by atoms with van der Waals surface area (Å²) in [7, 11) is 0. The summed E-state index contributed by atoms with van der Waals surface area (Å²) in [6, 6.07) is 7.34. The van der Waals surface area contributed by atoms with Crippen LogP contribution in [-0.4, -0.2) is 5.78 Å². The predicted molar refractivity (Wildman–Crippen MR) is 63.9 cm³/mol. The molecule has 0 aliphatic rings. The molecule has 0 bridgehead atoms. The van der Waals surface area contributed by atoms with Crippen LogP contribution in [0.1, 0.15) is 16.1 Å². The van der Waals surface area contributed by atoms with Crippen LogP contribution < -0.4 is 0 Å². The van der Waals surface area contributed by atoms with Gasteiger partial charge < -0.3 is 4.42 Å². The molecule has 0 atom stereocenters. The van der Waals surface area contributed by atoms with E-state index >= 15 is 0 Å². The molecule has 5 heteroatoms. The van der Waals surface area contributed by atoms with Gasteiger partial charge in [-0.3, -0.25) is 4.79 Å². The molecule has 0 aliphatic heterocycles. The van der Waals surface area contributed by atoms with E-state index in [-0.39, 0.29) is 11.3 Å². The number of halogens is 3. The third-order valence-corrected chi connectivity index (χ3v) is 2.89. The van der Waals surface area contributed by atoms with Crippen LogP contribution in [0.15, 0.2) is 43.9 Å². The van der Waals surface area contributed by atoms with Crippen molar-refractivity contribution in [1.82, 2.24) is 0 Å². The number of hydrogen-bond donors (Lipinski definition) is 0. The molecule has 0 saturated heterocycles. The minimum absolute atomic E-state index is 0.00921. The van der Waals surface area contributed by atoms with Crippen molar-refractivity contribution in [2.45, 2.75) is 0 Å². The number of furan rings is 1. The molecule has 2 aromatic rings. The van der Waals surface area contributed by atoms with E-state index in [1.165, 1.54) is 18.2 Å². The Hall–Kier alpha value is -0.940. The first-order chi connectivity index (χ1) is 7.58. The highest BCUT2D eigenvalue weighted by Crippen LogP contribution is 2.21. The fourth-order valence-corrected chi connectivity index (χ4v) is 1.88. The van der Waals surface area contributed by atoms with Gasteiger partial charge in [0.25, 0.3) is 0 Å². The number of carbonyl (C=O) groups is 1. The van der Waals surface area contributed by atoms with Crippen LogP contribution in [0.5, 0.6) is 0 Å². The number of hydrogen-bond acceptors (Lipinski definition) is 2. The normalized spacial score (nSPS) is 10.4. The van der Waals surface area contributed by atoms with Crippen LogP contribution in [0, 0.1) is 5.82 Å². The lowest BCUT2D eigenvalue weighted by Gasteiger charge is -2.00. The SMILES string of the molecule is O=C(c1ccc(Br)o1)c1ccc(Br)cc1F. The van der Waals surface area contributed by atoms with Crippen LogP contribution >= 0.6 is 31.9 Å². The van der Waals surface area contributed by atoms with E-state index in [1.807, 2.05) is 0 Å². The van der Waals surface area contributed by atoms with Crippen molar-refractivity contribution >= 4 is 37.6 Å². The second-order valence-corrected chi connectivity index (χ2v) is 4.75. The molecule has 0 aliphatic carbocycles. The zero-order chi connectivity index (χ0) is 11.7. The molecule has 1 heterocycles. The second-order valence-electron chi connectivity index (χ2n) is 3.06. The summed E-state index contributed by atoms with van der Waals surface area (Å²) in [5, 5.41) is 0. The van der Waals surface area contributed by atoms with Gasteiger partial charge in [0, 0.05) is 4.47 Å². The Bertz CT molecular complexity index is 549. The largest absolute Gasteiger partial charge is 0.446 e. The second kappa shape index (κ2) is 4.51. The monoisotopic (exact) mass is 346 g/mol. The molecule has 0 spiro atoms. The summed E-state index contributed by atoms with van der Waals surface area (Å²) in [6.45, 7) is 0. The maximum absolute atomic E-state index is 13.5. The predicted octanol–water partition coefficient (Wildman–Crippen LogP) is 4.17. The first kappa shape index (κ1) is 11.5. The number of ketones is 1. The van der Waals surface area contributed by atoms with Crippen molar-refractivity contribution in [3.63, 3.8) is 0 Å². The van der Waals surface area contributed by atoms with Gasteiger partial charge in [-0.2, -0.15) is 0 Å². The van der Waals surface area contributed by atoms with Crippen molar-refractivity contribution < 1.29 is 13.6 Å². The number of carbonyl (C=O) groups excluding carboxylic acids is 1. The highest BCUT2D eigenvalue weighted by Gasteiger charge is 2.17. The quantitative estimate of drug-likeness (QED) is 0.763. The van der Waals surface area contributed by atoms with Gasteiger partial charge in [-0.1, -0.05) is 15.9 Å². The topological polar surface area (TPSA) is 30.2 Å². The Balaban J connectivity index is 2.41. The summed E-state index contributed by atoms with van der Waals surface area (Å²) < 4.78 is 19.6. The summed E-state index contributed by atoms with van der Waals surface area (Å²) in [5.41, 5.74) is -0.00921. The molecule has 2 rings (SSSR count). The summed E-state index contributed by atoms with van der Waals surface area (Å²) in [4.78, 5) is 11.8. The van der Waals surface area contributed by atoms with Crippen molar-refractivity contribution in [2.24, 2.45) is 0 Å². The highest BCUT2D eigenvalue weighted by molar-refractivity contribution is 9.10. The third-order valence-electron chi connectivity index (χ3n) is 1.97. The molecule has 2 nitrogen and oxygen atoms in total. The highest BCUT2D eigenvalue weighted by atomic mass is 79.9. The average Bonchev–Trinajstić information content (AvgIpc) is 2.64. The van der Waals surface area contributed by atoms with E-state index in [9.17, 15) is 9.18 Å². The molecular formula is C11H5Br2FO2. The maximum atomic E-state index is 13.5. The van der Waals surface area contributed by atoms with Crippen LogP contribution in [0.4, 0.5) is 4.39 Å². The molecule has 1 aromatic carbocycles. The van der Waals surface area contributed by atoms with Gasteiger partial charge in [0.15, 0.2) is 10.4 Å². The first-order valence-corrected chi connectivity index (χ1v) is 5.91. The fourth-order valence-electron chi connectivity index (χ4n) is 1.24. The third kappa shape index (κ3) is 2.25. The van der Waals surface area contributed by atoms with Gasteiger partial charge in [-0.25, -0.2) is 4.39 Å². The average molecular weight is 348 g/mol. The standard InChI is InChI=1S/C11H5Br2FO2/c12-6-1-2-7(8(14)5-6)11(15)9-3-4-10(13)16-9/h1-5H. The maximum Gasteiger partial charge on any atom is 0.231 e. The molecule has 82 valence electrons. The molecule has 0 saturated carbocycles. The lowest BCUT2D eigenvalue weighted by atomic mass is 10.1. The lowest BCUT2D eigenvalue weighted by molar-refractivity contribution is 0.100. The summed E-state index contributed by atoms with van der Waals surface area (Å²) in [6.07, 6.45) is 0.